The van der Waals surface area contributed by atoms with Crippen LogP contribution in [0.15, 0.2) is 60.7 Å². The van der Waals surface area contributed by atoms with Crippen LogP contribution in [0.25, 0.3) is 0 Å². The van der Waals surface area contributed by atoms with Gasteiger partial charge in [0.05, 0.1) is 5.60 Å². The Morgan fingerprint density at radius 2 is 1.60 bits per heavy atom. The second-order valence-electron chi connectivity index (χ2n) is 7.29. The van der Waals surface area contributed by atoms with Crippen LogP contribution >= 0.6 is 0 Å². The van der Waals surface area contributed by atoms with E-state index in [1.54, 1.807) is 0 Å². The normalized spacial score (nSPS) is 22.7. The Kier molecular flexibility index (Phi) is 4.58. The number of carbonyl (C=O) groups excluding carboxylic acids is 1. The van der Waals surface area contributed by atoms with Crippen molar-refractivity contribution in [1.29, 1.82) is 0 Å². The Morgan fingerprint density at radius 3 is 2.28 bits per heavy atom. The van der Waals surface area contributed by atoms with Gasteiger partial charge in [0.2, 0.25) is 0 Å². The maximum absolute atomic E-state index is 12.6. The average Bonchev–Trinajstić information content (AvgIpc) is 2.69. The van der Waals surface area contributed by atoms with Crippen molar-refractivity contribution in [2.24, 2.45) is 0 Å². The van der Waals surface area contributed by atoms with Crippen LogP contribution in [0.3, 0.4) is 0 Å². The lowest BCUT2D eigenvalue weighted by molar-refractivity contribution is -0.113. The minimum Gasteiger partial charge on any atom is -0.375 e. The minimum absolute atomic E-state index is 0.0494. The molecular formula is C22H25NO2. The van der Waals surface area contributed by atoms with E-state index in [9.17, 15) is 4.79 Å². The number of amides is 1. The van der Waals surface area contributed by atoms with Gasteiger partial charge in [0.1, 0.15) is 0 Å². The Labute approximate surface area is 149 Å². The zero-order chi connectivity index (χ0) is 17.1. The lowest BCUT2D eigenvalue weighted by atomic mass is 9.77. The minimum atomic E-state index is -0.0494. The lowest BCUT2D eigenvalue weighted by Crippen LogP contribution is -2.50. The third-order valence-electron chi connectivity index (χ3n) is 5.75. The summed E-state index contributed by atoms with van der Waals surface area (Å²) in [5, 5.41) is 0. The molecule has 1 atom stereocenters. The highest BCUT2D eigenvalue weighted by atomic mass is 16.5. The van der Waals surface area contributed by atoms with Crippen LogP contribution in [-0.2, 0) is 4.74 Å². The van der Waals surface area contributed by atoms with Crippen molar-refractivity contribution in [2.75, 3.05) is 19.7 Å². The zero-order valence-corrected chi connectivity index (χ0v) is 14.6. The molecule has 1 spiro atoms. The highest BCUT2D eigenvalue weighted by molar-refractivity contribution is 5.94. The molecule has 0 bridgehead atoms. The molecule has 2 heterocycles. The van der Waals surface area contributed by atoms with Gasteiger partial charge in [-0.15, -0.1) is 0 Å². The van der Waals surface area contributed by atoms with Crippen molar-refractivity contribution in [3.05, 3.63) is 71.8 Å². The summed E-state index contributed by atoms with van der Waals surface area (Å²) in [5.74, 6) is 0.720. The molecule has 0 saturated carbocycles. The van der Waals surface area contributed by atoms with Gasteiger partial charge in [-0.25, -0.2) is 0 Å². The molecule has 2 aliphatic rings. The van der Waals surface area contributed by atoms with Crippen molar-refractivity contribution in [1.82, 2.24) is 4.90 Å². The molecule has 0 N–H and O–H groups in total. The summed E-state index contributed by atoms with van der Waals surface area (Å²) in [6.45, 7) is 2.40. The second-order valence-corrected chi connectivity index (χ2v) is 7.29. The molecule has 2 saturated heterocycles. The summed E-state index contributed by atoms with van der Waals surface area (Å²) in [4.78, 5) is 14.6. The molecule has 130 valence electrons. The van der Waals surface area contributed by atoms with Crippen LogP contribution in [-0.4, -0.2) is 36.1 Å². The van der Waals surface area contributed by atoms with Gasteiger partial charge in [-0.2, -0.15) is 0 Å². The highest BCUT2D eigenvalue weighted by Crippen LogP contribution is 2.41. The molecule has 0 aliphatic carbocycles. The Balaban J connectivity index is 1.41. The van der Waals surface area contributed by atoms with Gasteiger partial charge >= 0.3 is 0 Å². The summed E-state index contributed by atoms with van der Waals surface area (Å²) >= 11 is 0. The van der Waals surface area contributed by atoms with Crippen LogP contribution in [0.1, 0.15) is 47.5 Å². The van der Waals surface area contributed by atoms with E-state index >= 15 is 0 Å². The largest absolute Gasteiger partial charge is 0.375 e. The Hall–Kier alpha value is -2.13. The lowest BCUT2D eigenvalue weighted by Gasteiger charge is -2.46. The van der Waals surface area contributed by atoms with Gasteiger partial charge < -0.3 is 9.64 Å². The summed E-state index contributed by atoms with van der Waals surface area (Å²) in [5.41, 5.74) is 2.16. The molecule has 1 amide bonds. The fourth-order valence-electron chi connectivity index (χ4n) is 4.27. The number of hydrogen-bond donors (Lipinski definition) is 0. The summed E-state index contributed by atoms with van der Waals surface area (Å²) in [6, 6.07) is 20.4. The number of nitrogens with zero attached hydrogens (tertiary/aromatic N) is 1. The Bertz CT molecular complexity index is 705. The number of ether oxygens (including phenoxy) is 1. The van der Waals surface area contributed by atoms with Gasteiger partial charge in [0.25, 0.3) is 5.91 Å². The molecule has 3 nitrogen and oxygen atoms in total. The fraction of sp³-hybridized carbons (Fsp3) is 0.409. The molecule has 2 aliphatic heterocycles. The third kappa shape index (κ3) is 3.47. The second kappa shape index (κ2) is 7.01. The van der Waals surface area contributed by atoms with Crippen LogP contribution in [0, 0.1) is 0 Å². The average molecular weight is 335 g/mol. The number of carbonyl (C=O) groups is 1. The quantitative estimate of drug-likeness (QED) is 0.821. The summed E-state index contributed by atoms with van der Waals surface area (Å²) in [6.07, 6.45) is 4.05. The van der Waals surface area contributed by atoms with E-state index in [4.69, 9.17) is 4.74 Å². The van der Waals surface area contributed by atoms with Crippen molar-refractivity contribution >= 4 is 5.91 Å². The van der Waals surface area contributed by atoms with E-state index in [1.807, 2.05) is 35.2 Å². The predicted octanol–water partition coefficient (Wildman–Crippen LogP) is 4.26. The molecular weight excluding hydrogens is 310 g/mol. The SMILES string of the molecule is O=C(c1ccccc1)N1CCC2(CC1)CC(c1ccccc1)CCO2. The summed E-state index contributed by atoms with van der Waals surface area (Å²) < 4.78 is 6.25. The van der Waals surface area contributed by atoms with Crippen molar-refractivity contribution in [3.8, 4) is 0 Å². The van der Waals surface area contributed by atoms with E-state index < -0.39 is 0 Å². The fourth-order valence-corrected chi connectivity index (χ4v) is 4.27. The van der Waals surface area contributed by atoms with E-state index in [-0.39, 0.29) is 11.5 Å². The predicted molar refractivity (Wildman–Crippen MR) is 98.7 cm³/mol. The first-order valence-electron chi connectivity index (χ1n) is 9.29. The van der Waals surface area contributed by atoms with Gasteiger partial charge in [-0.1, -0.05) is 48.5 Å². The molecule has 2 aromatic rings. The smallest absolute Gasteiger partial charge is 0.253 e. The number of rotatable bonds is 2. The van der Waals surface area contributed by atoms with Gasteiger partial charge in [0, 0.05) is 25.3 Å². The number of hydrogen-bond acceptors (Lipinski definition) is 2. The summed E-state index contributed by atoms with van der Waals surface area (Å²) in [7, 11) is 0. The maximum atomic E-state index is 12.6. The molecule has 2 fully saturated rings. The van der Waals surface area contributed by atoms with Crippen LogP contribution in [0.2, 0.25) is 0 Å². The molecule has 25 heavy (non-hydrogen) atoms. The van der Waals surface area contributed by atoms with E-state index in [0.29, 0.717) is 5.92 Å². The monoisotopic (exact) mass is 335 g/mol. The first-order valence-corrected chi connectivity index (χ1v) is 9.29. The number of piperidine rings is 1. The van der Waals surface area contributed by atoms with Gasteiger partial charge in [-0.3, -0.25) is 4.79 Å². The molecule has 3 heteroatoms. The van der Waals surface area contributed by atoms with Gasteiger partial charge in [0.15, 0.2) is 0 Å². The van der Waals surface area contributed by atoms with E-state index in [2.05, 4.69) is 30.3 Å². The molecule has 0 radical (unpaired) electrons. The molecule has 0 aromatic heterocycles. The van der Waals surface area contributed by atoms with E-state index in [0.717, 1.165) is 50.9 Å². The number of benzene rings is 2. The molecule has 2 aromatic carbocycles. The van der Waals surface area contributed by atoms with Crippen LogP contribution in [0.5, 0.6) is 0 Å². The third-order valence-corrected chi connectivity index (χ3v) is 5.75. The zero-order valence-electron chi connectivity index (χ0n) is 14.6. The van der Waals surface area contributed by atoms with Crippen molar-refractivity contribution in [2.45, 2.75) is 37.2 Å². The van der Waals surface area contributed by atoms with E-state index in [1.165, 1.54) is 5.56 Å². The maximum Gasteiger partial charge on any atom is 0.253 e. The van der Waals surface area contributed by atoms with Crippen LogP contribution < -0.4 is 0 Å². The first-order chi connectivity index (χ1) is 12.3. The van der Waals surface area contributed by atoms with Crippen molar-refractivity contribution < 1.29 is 9.53 Å². The molecule has 1 unspecified atom stereocenters. The van der Waals surface area contributed by atoms with Crippen LogP contribution in [0.4, 0.5) is 0 Å². The van der Waals surface area contributed by atoms with Gasteiger partial charge in [-0.05, 0) is 49.3 Å². The standard InChI is InChI=1S/C22H25NO2/c24-21(19-9-5-2-6-10-19)23-14-12-22(13-15-23)17-20(11-16-25-22)18-7-3-1-4-8-18/h1-10,20H,11-17H2. The van der Waals surface area contributed by atoms with Crippen molar-refractivity contribution in [3.63, 3.8) is 0 Å². The molecule has 4 rings (SSSR count). The first kappa shape index (κ1) is 16.3. The Morgan fingerprint density at radius 1 is 0.960 bits per heavy atom. The number of likely N-dealkylation sites (tertiary alicyclic amines) is 1. The highest BCUT2D eigenvalue weighted by Gasteiger charge is 2.41. The topological polar surface area (TPSA) is 29.5 Å².